The zero-order valence-corrected chi connectivity index (χ0v) is 8.19. The van der Waals surface area contributed by atoms with Crippen LogP contribution in [0.1, 0.15) is 23.0 Å². The number of aryl methyl sites for hydroxylation is 1. The Morgan fingerprint density at radius 3 is 3.38 bits per heavy atom. The van der Waals surface area contributed by atoms with Gasteiger partial charge in [0, 0.05) is 17.5 Å². The third-order valence-corrected chi connectivity index (χ3v) is 3.21. The second-order valence-corrected chi connectivity index (χ2v) is 3.98. The topological polar surface area (TPSA) is 38.3 Å². The van der Waals surface area contributed by atoms with E-state index in [1.54, 1.807) is 18.4 Å². The van der Waals surface area contributed by atoms with E-state index in [2.05, 4.69) is 5.32 Å². The van der Waals surface area contributed by atoms with Crippen LogP contribution in [0, 0.1) is 0 Å². The van der Waals surface area contributed by atoms with Gasteiger partial charge in [-0.25, -0.2) is 4.79 Å². The Labute approximate surface area is 80.7 Å². The van der Waals surface area contributed by atoms with Gasteiger partial charge in [-0.2, -0.15) is 0 Å². The molecule has 1 atom stereocenters. The maximum absolute atomic E-state index is 11.0. The van der Waals surface area contributed by atoms with Crippen molar-refractivity contribution in [3.05, 3.63) is 21.9 Å². The second kappa shape index (κ2) is 3.38. The Bertz CT molecular complexity index is 321. The zero-order chi connectivity index (χ0) is 9.26. The van der Waals surface area contributed by atoms with E-state index in [1.807, 2.05) is 11.4 Å². The number of carbonyl (C=O) groups is 1. The van der Waals surface area contributed by atoms with Crippen LogP contribution in [-0.4, -0.2) is 13.1 Å². The first-order valence-electron chi connectivity index (χ1n) is 4.26. The van der Waals surface area contributed by atoms with Gasteiger partial charge in [0.25, 0.3) is 0 Å². The summed E-state index contributed by atoms with van der Waals surface area (Å²) >= 11 is 1.74. The molecule has 70 valence electrons. The second-order valence-electron chi connectivity index (χ2n) is 2.98. The van der Waals surface area contributed by atoms with Gasteiger partial charge in [0.15, 0.2) is 0 Å². The van der Waals surface area contributed by atoms with Crippen molar-refractivity contribution >= 4 is 17.4 Å². The Morgan fingerprint density at radius 2 is 2.62 bits per heavy atom. The Hall–Kier alpha value is -1.03. The van der Waals surface area contributed by atoms with Gasteiger partial charge in [-0.1, -0.05) is 0 Å². The maximum atomic E-state index is 11.0. The van der Waals surface area contributed by atoms with E-state index in [0.717, 1.165) is 12.8 Å². The number of amides is 1. The highest BCUT2D eigenvalue weighted by atomic mass is 32.1. The Balaban J connectivity index is 2.08. The van der Waals surface area contributed by atoms with Gasteiger partial charge in [-0.15, -0.1) is 11.3 Å². The van der Waals surface area contributed by atoms with Crippen LogP contribution in [0.5, 0.6) is 0 Å². The van der Waals surface area contributed by atoms with Crippen LogP contribution in [0.25, 0.3) is 0 Å². The molecule has 3 nitrogen and oxygen atoms in total. The number of rotatable bonds is 1. The van der Waals surface area contributed by atoms with Crippen LogP contribution in [0.4, 0.5) is 4.79 Å². The lowest BCUT2D eigenvalue weighted by molar-refractivity contribution is 0.100. The van der Waals surface area contributed by atoms with Gasteiger partial charge in [0.05, 0.1) is 0 Å². The molecule has 0 spiro atoms. The molecule has 1 aliphatic rings. The Kier molecular flexibility index (Phi) is 2.22. The summed E-state index contributed by atoms with van der Waals surface area (Å²) in [4.78, 5) is 12.3. The summed E-state index contributed by atoms with van der Waals surface area (Å²) in [6.45, 7) is 0. The molecule has 1 N–H and O–H groups in total. The van der Waals surface area contributed by atoms with E-state index in [9.17, 15) is 4.79 Å². The highest BCUT2D eigenvalue weighted by molar-refractivity contribution is 7.10. The molecule has 0 aromatic carbocycles. The quantitative estimate of drug-likeness (QED) is 0.748. The zero-order valence-electron chi connectivity index (χ0n) is 7.37. The molecule has 0 aliphatic heterocycles. The first-order valence-corrected chi connectivity index (χ1v) is 5.14. The number of hydrogen-bond donors (Lipinski definition) is 1. The molecule has 0 saturated carbocycles. The van der Waals surface area contributed by atoms with Crippen molar-refractivity contribution in [3.8, 4) is 0 Å². The van der Waals surface area contributed by atoms with Crippen LogP contribution < -0.4 is 5.32 Å². The fourth-order valence-corrected chi connectivity index (χ4v) is 2.52. The summed E-state index contributed by atoms with van der Waals surface area (Å²) in [5.74, 6) is 0. The summed E-state index contributed by atoms with van der Waals surface area (Å²) < 4.78 is 5.20. The third-order valence-electron chi connectivity index (χ3n) is 2.21. The van der Waals surface area contributed by atoms with Gasteiger partial charge in [0.2, 0.25) is 0 Å². The predicted molar refractivity (Wildman–Crippen MR) is 50.9 cm³/mol. The van der Waals surface area contributed by atoms with Crippen molar-refractivity contribution in [2.75, 3.05) is 7.05 Å². The molecule has 1 aromatic rings. The van der Waals surface area contributed by atoms with E-state index in [1.165, 1.54) is 10.4 Å². The summed E-state index contributed by atoms with van der Waals surface area (Å²) in [6, 6.07) is 2.04. The van der Waals surface area contributed by atoms with Crippen LogP contribution in [-0.2, 0) is 11.2 Å². The van der Waals surface area contributed by atoms with Gasteiger partial charge < -0.3 is 10.1 Å². The number of hydrogen-bond acceptors (Lipinski definition) is 3. The standard InChI is InChI=1S/C9H11NO2S/c1-10-9(11)12-7-2-3-8-6(7)4-5-13-8/h4-5,7H,2-3H2,1H3,(H,10,11). The fourth-order valence-electron chi connectivity index (χ4n) is 1.57. The van der Waals surface area contributed by atoms with Gasteiger partial charge in [0.1, 0.15) is 6.10 Å². The van der Waals surface area contributed by atoms with E-state index in [-0.39, 0.29) is 12.2 Å². The third kappa shape index (κ3) is 1.54. The SMILES string of the molecule is CNC(=O)OC1CCc2sccc21. The summed E-state index contributed by atoms with van der Waals surface area (Å²) in [6.07, 6.45) is 1.59. The number of fused-ring (bicyclic) bond motifs is 1. The van der Waals surface area contributed by atoms with Crippen molar-refractivity contribution in [2.24, 2.45) is 0 Å². The van der Waals surface area contributed by atoms with Gasteiger partial charge >= 0.3 is 6.09 Å². The molecule has 0 saturated heterocycles. The smallest absolute Gasteiger partial charge is 0.407 e. The first-order chi connectivity index (χ1) is 6.31. The number of alkyl carbamates (subject to hydrolysis) is 1. The molecule has 1 amide bonds. The van der Waals surface area contributed by atoms with Crippen molar-refractivity contribution in [2.45, 2.75) is 18.9 Å². The normalized spacial score (nSPS) is 19.6. The lowest BCUT2D eigenvalue weighted by atomic mass is 10.2. The highest BCUT2D eigenvalue weighted by Gasteiger charge is 2.26. The number of thiophene rings is 1. The minimum absolute atomic E-state index is 0.0267. The lowest BCUT2D eigenvalue weighted by Gasteiger charge is -2.10. The molecule has 0 radical (unpaired) electrons. The molecule has 0 fully saturated rings. The number of carbonyl (C=O) groups excluding carboxylic acids is 1. The van der Waals surface area contributed by atoms with Crippen LogP contribution in [0.15, 0.2) is 11.4 Å². The first kappa shape index (κ1) is 8.56. The molecule has 13 heavy (non-hydrogen) atoms. The minimum Gasteiger partial charge on any atom is -0.441 e. The predicted octanol–water partition coefficient (Wildman–Crippen LogP) is 2.09. The number of ether oxygens (including phenoxy) is 1. The summed E-state index contributed by atoms with van der Waals surface area (Å²) in [7, 11) is 1.58. The summed E-state index contributed by atoms with van der Waals surface area (Å²) in [5.41, 5.74) is 1.19. The molecule has 4 heteroatoms. The van der Waals surface area contributed by atoms with E-state index < -0.39 is 0 Å². The highest BCUT2D eigenvalue weighted by Crippen LogP contribution is 2.37. The molecule has 2 rings (SSSR count). The molecule has 1 aromatic heterocycles. The van der Waals surface area contributed by atoms with E-state index in [0.29, 0.717) is 0 Å². The van der Waals surface area contributed by atoms with Crippen molar-refractivity contribution in [1.82, 2.24) is 5.32 Å². The average Bonchev–Trinajstić information content (AvgIpc) is 2.69. The van der Waals surface area contributed by atoms with Crippen molar-refractivity contribution < 1.29 is 9.53 Å². The molecule has 0 bridgehead atoms. The molecule has 1 heterocycles. The van der Waals surface area contributed by atoms with Crippen LogP contribution >= 0.6 is 11.3 Å². The van der Waals surface area contributed by atoms with E-state index >= 15 is 0 Å². The largest absolute Gasteiger partial charge is 0.441 e. The Morgan fingerprint density at radius 1 is 1.77 bits per heavy atom. The minimum atomic E-state index is -0.343. The van der Waals surface area contributed by atoms with Crippen molar-refractivity contribution in [1.29, 1.82) is 0 Å². The van der Waals surface area contributed by atoms with Crippen LogP contribution in [0.2, 0.25) is 0 Å². The van der Waals surface area contributed by atoms with Gasteiger partial charge in [-0.3, -0.25) is 0 Å². The monoisotopic (exact) mass is 197 g/mol. The molecular weight excluding hydrogens is 186 g/mol. The van der Waals surface area contributed by atoms with Gasteiger partial charge in [-0.05, 0) is 24.3 Å². The summed E-state index contributed by atoms with van der Waals surface area (Å²) in [5, 5.41) is 4.50. The molecule has 1 aliphatic carbocycles. The maximum Gasteiger partial charge on any atom is 0.407 e. The fraction of sp³-hybridized carbons (Fsp3) is 0.444. The number of nitrogens with one attached hydrogen (secondary N) is 1. The molecular formula is C9H11NO2S. The molecule has 1 unspecified atom stereocenters. The average molecular weight is 197 g/mol. The van der Waals surface area contributed by atoms with Crippen molar-refractivity contribution in [3.63, 3.8) is 0 Å². The van der Waals surface area contributed by atoms with E-state index in [4.69, 9.17) is 4.74 Å². The van der Waals surface area contributed by atoms with Crippen LogP contribution in [0.3, 0.4) is 0 Å². The lowest BCUT2D eigenvalue weighted by Crippen LogP contribution is -2.20.